The number of benzene rings is 1. The minimum Gasteiger partial charge on any atom is -0.389 e. The first-order valence-corrected chi connectivity index (χ1v) is 5.08. The van der Waals surface area contributed by atoms with Crippen molar-refractivity contribution in [3.8, 4) is 0 Å². The summed E-state index contributed by atoms with van der Waals surface area (Å²) in [6.45, 7) is 0.354. The molecule has 0 spiro atoms. The van der Waals surface area contributed by atoms with Gasteiger partial charge in [0.25, 0.3) is 0 Å². The molecule has 78 valence electrons. The van der Waals surface area contributed by atoms with Crippen LogP contribution in [-0.4, -0.2) is 22.1 Å². The van der Waals surface area contributed by atoms with Crippen LogP contribution >= 0.6 is 12.6 Å². The number of nitrogens with two attached hydrogens (primary N) is 1. The second-order valence-corrected chi connectivity index (χ2v) is 3.46. The fourth-order valence-electron chi connectivity index (χ4n) is 1.32. The Morgan fingerprint density at radius 3 is 2.50 bits per heavy atom. The monoisotopic (exact) mass is 213 g/mol. The van der Waals surface area contributed by atoms with Crippen LogP contribution in [-0.2, 0) is 6.54 Å². The van der Waals surface area contributed by atoms with Crippen molar-refractivity contribution in [3.05, 3.63) is 35.4 Å². The highest BCUT2D eigenvalue weighted by Crippen LogP contribution is 2.21. The number of hydrogen-bond acceptors (Lipinski definition) is 4. The summed E-state index contributed by atoms with van der Waals surface area (Å²) in [4.78, 5) is 0. The Morgan fingerprint density at radius 1 is 1.29 bits per heavy atom. The number of aliphatic hydroxyl groups is 2. The Balaban J connectivity index is 2.93. The van der Waals surface area contributed by atoms with E-state index in [4.69, 9.17) is 5.73 Å². The van der Waals surface area contributed by atoms with Crippen molar-refractivity contribution >= 4 is 12.6 Å². The zero-order valence-corrected chi connectivity index (χ0v) is 8.69. The van der Waals surface area contributed by atoms with Crippen LogP contribution in [0.4, 0.5) is 0 Å². The van der Waals surface area contributed by atoms with E-state index in [2.05, 4.69) is 12.6 Å². The zero-order chi connectivity index (χ0) is 10.6. The maximum Gasteiger partial charge on any atom is 0.106 e. The molecule has 1 aromatic carbocycles. The Hall–Kier alpha value is -0.550. The molecule has 0 heterocycles. The van der Waals surface area contributed by atoms with Gasteiger partial charge in [0.1, 0.15) is 6.10 Å². The fourth-order valence-corrected chi connectivity index (χ4v) is 1.52. The Morgan fingerprint density at radius 2 is 1.93 bits per heavy atom. The standard InChI is InChI=1S/C10H15NO2S/c11-5-7-3-1-2-4-8(7)10(13)9(12)6-14/h1-4,9-10,12-14H,5-6,11H2. The second kappa shape index (κ2) is 5.36. The summed E-state index contributed by atoms with van der Waals surface area (Å²) in [5.74, 6) is 0.222. The van der Waals surface area contributed by atoms with Crippen LogP contribution in [0.2, 0.25) is 0 Å². The van der Waals surface area contributed by atoms with E-state index in [1.54, 1.807) is 6.07 Å². The van der Waals surface area contributed by atoms with Crippen LogP contribution < -0.4 is 5.73 Å². The van der Waals surface area contributed by atoms with Gasteiger partial charge in [-0.3, -0.25) is 0 Å². The summed E-state index contributed by atoms with van der Waals surface area (Å²) in [7, 11) is 0. The average Bonchev–Trinajstić information content (AvgIpc) is 2.26. The summed E-state index contributed by atoms with van der Waals surface area (Å²) in [5, 5.41) is 19.2. The largest absolute Gasteiger partial charge is 0.389 e. The molecule has 0 saturated heterocycles. The average molecular weight is 213 g/mol. The van der Waals surface area contributed by atoms with Gasteiger partial charge >= 0.3 is 0 Å². The van der Waals surface area contributed by atoms with Crippen LogP contribution in [0.1, 0.15) is 17.2 Å². The van der Waals surface area contributed by atoms with E-state index in [-0.39, 0.29) is 5.75 Å². The van der Waals surface area contributed by atoms with E-state index < -0.39 is 12.2 Å². The molecule has 1 aromatic rings. The molecule has 0 aliphatic rings. The third kappa shape index (κ3) is 2.48. The van der Waals surface area contributed by atoms with Crippen molar-refractivity contribution in [1.29, 1.82) is 0 Å². The normalized spacial score (nSPS) is 15.1. The maximum atomic E-state index is 9.75. The van der Waals surface area contributed by atoms with Crippen molar-refractivity contribution in [2.75, 3.05) is 5.75 Å². The first kappa shape index (κ1) is 11.5. The van der Waals surface area contributed by atoms with Crippen molar-refractivity contribution in [3.63, 3.8) is 0 Å². The number of hydrogen-bond donors (Lipinski definition) is 4. The van der Waals surface area contributed by atoms with Gasteiger partial charge in [0.15, 0.2) is 0 Å². The molecule has 0 aromatic heterocycles. The van der Waals surface area contributed by atoms with Crippen molar-refractivity contribution in [2.24, 2.45) is 5.73 Å². The van der Waals surface area contributed by atoms with E-state index in [1.807, 2.05) is 18.2 Å². The van der Waals surface area contributed by atoms with Gasteiger partial charge in [0.05, 0.1) is 6.10 Å². The molecule has 14 heavy (non-hydrogen) atoms. The topological polar surface area (TPSA) is 66.5 Å². The summed E-state index contributed by atoms with van der Waals surface area (Å²) >= 11 is 3.93. The summed E-state index contributed by atoms with van der Waals surface area (Å²) in [6.07, 6.45) is -1.77. The molecule has 0 aliphatic heterocycles. The van der Waals surface area contributed by atoms with E-state index in [9.17, 15) is 10.2 Å². The van der Waals surface area contributed by atoms with E-state index in [0.717, 1.165) is 5.56 Å². The number of thiol groups is 1. The molecule has 0 radical (unpaired) electrons. The predicted molar refractivity (Wildman–Crippen MR) is 59.2 cm³/mol. The summed E-state index contributed by atoms with van der Waals surface area (Å²) in [6, 6.07) is 7.26. The molecule has 2 unspecified atom stereocenters. The predicted octanol–water partition coefficient (Wildman–Crippen LogP) is 0.469. The van der Waals surface area contributed by atoms with Crippen molar-refractivity contribution in [2.45, 2.75) is 18.8 Å². The number of aliphatic hydroxyl groups excluding tert-OH is 2. The fraction of sp³-hybridized carbons (Fsp3) is 0.400. The molecule has 1 rings (SSSR count). The lowest BCUT2D eigenvalue weighted by atomic mass is 9.99. The van der Waals surface area contributed by atoms with Gasteiger partial charge in [-0.05, 0) is 11.1 Å². The Kier molecular flexibility index (Phi) is 4.41. The first-order valence-electron chi connectivity index (χ1n) is 4.45. The molecule has 2 atom stereocenters. The molecule has 0 bridgehead atoms. The summed E-state index contributed by atoms with van der Waals surface area (Å²) < 4.78 is 0. The second-order valence-electron chi connectivity index (χ2n) is 3.10. The smallest absolute Gasteiger partial charge is 0.106 e. The van der Waals surface area contributed by atoms with Crippen LogP contribution in [0.15, 0.2) is 24.3 Å². The quantitative estimate of drug-likeness (QED) is 0.550. The Labute approximate surface area is 89.0 Å². The van der Waals surface area contributed by atoms with Crippen LogP contribution in [0.25, 0.3) is 0 Å². The lowest BCUT2D eigenvalue weighted by Crippen LogP contribution is -2.21. The maximum absolute atomic E-state index is 9.75. The van der Waals surface area contributed by atoms with Crippen molar-refractivity contribution in [1.82, 2.24) is 0 Å². The SMILES string of the molecule is NCc1ccccc1C(O)C(O)CS. The van der Waals surface area contributed by atoms with E-state index in [1.165, 1.54) is 0 Å². The van der Waals surface area contributed by atoms with Gasteiger partial charge in [-0.1, -0.05) is 24.3 Å². The minimum absolute atomic E-state index is 0.222. The van der Waals surface area contributed by atoms with Gasteiger partial charge in [0, 0.05) is 12.3 Å². The van der Waals surface area contributed by atoms with Crippen LogP contribution in [0.5, 0.6) is 0 Å². The zero-order valence-electron chi connectivity index (χ0n) is 7.80. The number of rotatable bonds is 4. The molecule has 0 saturated carbocycles. The molecule has 3 nitrogen and oxygen atoms in total. The van der Waals surface area contributed by atoms with Crippen LogP contribution in [0, 0.1) is 0 Å². The third-order valence-corrected chi connectivity index (χ3v) is 2.52. The molecule has 0 fully saturated rings. The molecule has 4 N–H and O–H groups in total. The molecular formula is C10H15NO2S. The molecule has 4 heteroatoms. The first-order chi connectivity index (χ1) is 6.70. The molecule has 0 aliphatic carbocycles. The highest BCUT2D eigenvalue weighted by molar-refractivity contribution is 7.80. The van der Waals surface area contributed by atoms with Crippen LogP contribution in [0.3, 0.4) is 0 Å². The molecular weight excluding hydrogens is 198 g/mol. The van der Waals surface area contributed by atoms with Gasteiger partial charge in [0.2, 0.25) is 0 Å². The van der Waals surface area contributed by atoms with Gasteiger partial charge in [-0.25, -0.2) is 0 Å². The third-order valence-electron chi connectivity index (χ3n) is 2.15. The van der Waals surface area contributed by atoms with Crippen molar-refractivity contribution < 1.29 is 10.2 Å². The van der Waals surface area contributed by atoms with Gasteiger partial charge in [-0.15, -0.1) is 0 Å². The van der Waals surface area contributed by atoms with E-state index in [0.29, 0.717) is 12.1 Å². The highest BCUT2D eigenvalue weighted by Gasteiger charge is 2.18. The Bertz CT molecular complexity index is 293. The van der Waals surface area contributed by atoms with Gasteiger partial charge in [-0.2, -0.15) is 12.6 Å². The van der Waals surface area contributed by atoms with Gasteiger partial charge < -0.3 is 15.9 Å². The minimum atomic E-state index is -0.910. The lowest BCUT2D eigenvalue weighted by Gasteiger charge is -2.18. The summed E-state index contributed by atoms with van der Waals surface area (Å²) in [5.41, 5.74) is 7.04. The highest BCUT2D eigenvalue weighted by atomic mass is 32.1. The molecule has 0 amide bonds. The van der Waals surface area contributed by atoms with E-state index >= 15 is 0 Å². The lowest BCUT2D eigenvalue weighted by molar-refractivity contribution is 0.0332.